The molecule has 1 aromatic carbocycles. The van der Waals surface area contributed by atoms with Crippen molar-refractivity contribution in [1.82, 2.24) is 5.32 Å². The number of carbonyl (C=O) groups excluding carboxylic acids is 1. The second kappa shape index (κ2) is 24.1. The number of aliphatic hydroxyl groups is 2. The zero-order chi connectivity index (χ0) is 25.0. The van der Waals surface area contributed by atoms with Crippen molar-refractivity contribution in [3.8, 4) is 5.75 Å². The van der Waals surface area contributed by atoms with Crippen LogP contribution in [0.25, 0.3) is 0 Å². The van der Waals surface area contributed by atoms with Crippen molar-refractivity contribution >= 4 is 29.4 Å². The van der Waals surface area contributed by atoms with Crippen molar-refractivity contribution in [3.63, 3.8) is 0 Å². The van der Waals surface area contributed by atoms with Crippen molar-refractivity contribution in [2.75, 3.05) is 40.6 Å². The van der Waals surface area contributed by atoms with Crippen LogP contribution in [0.15, 0.2) is 65.3 Å². The molecule has 191 valence electrons. The molecule has 36 heavy (non-hydrogen) atoms. The fourth-order valence-electron chi connectivity index (χ4n) is 3.23. The number of nitrogens with one attached hydrogen (secondary N) is 1. The zero-order valence-corrected chi connectivity index (χ0v) is 24.8. The third kappa shape index (κ3) is 15.8. The molecule has 10 heteroatoms. The molecule has 8 nitrogen and oxygen atoms in total. The maximum Gasteiger partial charge on any atom is 1.00 e. The van der Waals surface area contributed by atoms with Crippen LogP contribution in [0.5, 0.6) is 5.75 Å². The average Bonchev–Trinajstić information content (AvgIpc) is 2.85. The van der Waals surface area contributed by atoms with Crippen LogP contribution in [0.1, 0.15) is 31.2 Å². The van der Waals surface area contributed by atoms with E-state index in [0.29, 0.717) is 24.4 Å². The van der Waals surface area contributed by atoms with Crippen LogP contribution >= 0.6 is 0 Å². The number of nitrogens with zero attached hydrogens (tertiary/aromatic N) is 1. The van der Waals surface area contributed by atoms with Crippen molar-refractivity contribution in [1.29, 1.82) is 0 Å². The van der Waals surface area contributed by atoms with Crippen molar-refractivity contribution < 1.29 is 59.1 Å². The summed E-state index contributed by atoms with van der Waals surface area (Å²) < 4.78 is 8.88. The van der Waals surface area contributed by atoms with Gasteiger partial charge in [-0.05, 0) is 30.6 Å². The van der Waals surface area contributed by atoms with Crippen molar-refractivity contribution in [2.24, 2.45) is 4.99 Å². The van der Waals surface area contributed by atoms with E-state index in [0.717, 1.165) is 25.7 Å². The quantitative estimate of drug-likeness (QED) is 0.216. The average molecular weight is 524 g/mol. The maximum atomic E-state index is 11.8. The molecule has 1 fully saturated rings. The van der Waals surface area contributed by atoms with Gasteiger partial charge in [-0.25, -0.2) is 0 Å². The van der Waals surface area contributed by atoms with E-state index >= 15 is 0 Å². The van der Waals surface area contributed by atoms with Crippen LogP contribution in [0, 0.1) is 0 Å². The Morgan fingerprint density at radius 2 is 1.67 bits per heavy atom. The molecule has 3 radical (unpaired) electrons. The summed E-state index contributed by atoms with van der Waals surface area (Å²) in [7, 11) is 3.10. The van der Waals surface area contributed by atoms with Crippen LogP contribution in [0.2, 0.25) is 0 Å². The number of allylic oxidation sites excluding steroid dienone is 5. The molecule has 0 saturated heterocycles. The first-order chi connectivity index (χ1) is 16.6. The molecule has 0 aromatic heterocycles. The Kier molecular flexibility index (Phi) is 24.7. The van der Waals surface area contributed by atoms with Gasteiger partial charge in [0.2, 0.25) is 0 Å². The smallest absolute Gasteiger partial charge is 0.872 e. The van der Waals surface area contributed by atoms with Crippen LogP contribution < -0.4 is 40.0 Å². The molecule has 3 N–H and O–H groups in total. The van der Waals surface area contributed by atoms with Gasteiger partial charge in [0.1, 0.15) is 0 Å². The molecule has 0 bridgehead atoms. The summed E-state index contributed by atoms with van der Waals surface area (Å²) in [5.41, 5.74) is 1.28. The Morgan fingerprint density at radius 3 is 2.22 bits per heavy atom. The van der Waals surface area contributed by atoms with Crippen LogP contribution in [0.4, 0.5) is 0 Å². The fraction of sp³-hybridized carbons (Fsp3) is 0.462. The Labute approximate surface area is 247 Å². The van der Waals surface area contributed by atoms with Gasteiger partial charge in [0.05, 0.1) is 32.5 Å². The number of carbonyl (C=O) groups is 1. The van der Waals surface area contributed by atoms with Gasteiger partial charge in [-0.15, -0.1) is 5.75 Å². The molecule has 2 aliphatic rings. The normalized spacial score (nSPS) is 19.3. The van der Waals surface area contributed by atoms with Gasteiger partial charge in [-0.1, -0.05) is 49.3 Å². The second-order valence-corrected chi connectivity index (χ2v) is 7.56. The molecule has 3 rings (SSSR count). The number of hydrogen-bond acceptors (Lipinski definition) is 8. The minimum absolute atomic E-state index is 0. The van der Waals surface area contributed by atoms with Gasteiger partial charge in [-0.2, -0.15) is 0 Å². The van der Waals surface area contributed by atoms with Crippen molar-refractivity contribution in [2.45, 2.75) is 37.8 Å². The number of rotatable bonds is 8. The van der Waals surface area contributed by atoms with E-state index in [1.807, 2.05) is 18.2 Å². The molecule has 0 spiro atoms. The summed E-state index contributed by atoms with van der Waals surface area (Å²) in [6.45, 7) is 1.13. The SMILES string of the molecule is COCCO.COCCO.O=C1C=CC=C/C1=C/N[C@@H]1CCCC[C@H]1N=Cc1ccccc1[O-].[Al].[Na+]. The van der Waals surface area contributed by atoms with Gasteiger partial charge in [0.15, 0.2) is 5.78 Å². The molecule has 2 atom stereocenters. The monoisotopic (exact) mass is 523 g/mol. The summed E-state index contributed by atoms with van der Waals surface area (Å²) >= 11 is 0. The maximum absolute atomic E-state index is 11.8. The van der Waals surface area contributed by atoms with E-state index in [-0.39, 0.29) is 83.7 Å². The first-order valence-electron chi connectivity index (χ1n) is 11.4. The molecule has 0 amide bonds. The molecule has 0 heterocycles. The number of aliphatic imine (C=N–C) groups is 1. The third-order valence-corrected chi connectivity index (χ3v) is 5.02. The van der Waals surface area contributed by atoms with E-state index in [2.05, 4.69) is 19.8 Å². The summed E-state index contributed by atoms with van der Waals surface area (Å²) in [6.07, 6.45) is 14.7. The summed E-state index contributed by atoms with van der Waals surface area (Å²) in [6, 6.07) is 7.23. The van der Waals surface area contributed by atoms with Gasteiger partial charge in [0, 0.05) is 55.6 Å². The molecule has 0 aliphatic heterocycles. The molecule has 1 saturated carbocycles. The Hall–Kier alpha value is -1.25. The molecule has 1 aromatic rings. The fourth-order valence-corrected chi connectivity index (χ4v) is 3.23. The van der Waals surface area contributed by atoms with E-state index < -0.39 is 0 Å². The molecular weight excluding hydrogens is 486 g/mol. The second-order valence-electron chi connectivity index (χ2n) is 7.56. The minimum atomic E-state index is -0.00610. The third-order valence-electron chi connectivity index (χ3n) is 5.02. The van der Waals surface area contributed by atoms with Crippen molar-refractivity contribution in [3.05, 3.63) is 65.9 Å². The van der Waals surface area contributed by atoms with Gasteiger partial charge < -0.3 is 30.1 Å². The van der Waals surface area contributed by atoms with E-state index in [9.17, 15) is 9.90 Å². The van der Waals surface area contributed by atoms with Crippen LogP contribution in [-0.2, 0) is 14.3 Å². The zero-order valence-electron chi connectivity index (χ0n) is 21.6. The topological polar surface area (TPSA) is 123 Å². The number of hydrogen-bond donors (Lipinski definition) is 3. The number of methoxy groups -OCH3 is 2. The standard InChI is InChI=1S/C20H22N2O2.2C3H8O2.Al.Na/c23-19-11-5-1-7-15(19)13-21-17-9-3-4-10-18(17)22-14-16-8-2-6-12-20(16)24;2*1-5-3-2-4;;/h1-2,5-8,11-14,17-18,21,24H,3-4,9-10H2;2*4H,2-3H2,1H3;;/q;;;;+1/p-1/b15-13-,22-14?;;;;/t17-,18-;;;;/m1..../s1. The largest absolute Gasteiger partial charge is 1.00 e. The number of ketones is 1. The van der Waals surface area contributed by atoms with Gasteiger partial charge in [-0.3, -0.25) is 9.79 Å². The molecule has 0 unspecified atom stereocenters. The number of ether oxygens (including phenoxy) is 2. The summed E-state index contributed by atoms with van der Waals surface area (Å²) in [4.78, 5) is 16.4. The van der Waals surface area contributed by atoms with Gasteiger partial charge >= 0.3 is 29.6 Å². The number of benzene rings is 1. The molecular formula is C26H37AlN2NaO6. The molecule has 2 aliphatic carbocycles. The predicted molar refractivity (Wildman–Crippen MR) is 138 cm³/mol. The number of aliphatic hydroxyl groups excluding tert-OH is 2. The van der Waals surface area contributed by atoms with E-state index in [4.69, 9.17) is 10.2 Å². The summed E-state index contributed by atoms with van der Waals surface area (Å²) in [5.74, 6) is 0.00885. The van der Waals surface area contributed by atoms with E-state index in [1.165, 1.54) is 0 Å². The van der Waals surface area contributed by atoms with Gasteiger partial charge in [0.25, 0.3) is 0 Å². The minimum Gasteiger partial charge on any atom is -0.872 e. The Balaban J connectivity index is 0. The first kappa shape index (κ1) is 36.9. The van der Waals surface area contributed by atoms with Crippen LogP contribution in [0.3, 0.4) is 0 Å². The summed E-state index contributed by atoms with van der Waals surface area (Å²) in [5, 5.41) is 31.0. The Bertz CT molecular complexity index is 822. The predicted octanol–water partition coefficient (Wildman–Crippen LogP) is -1.47. The number of para-hydroxylation sites is 1. The van der Waals surface area contributed by atoms with E-state index in [1.54, 1.807) is 57.0 Å². The Morgan fingerprint density at radius 1 is 1.06 bits per heavy atom. The van der Waals surface area contributed by atoms with Crippen LogP contribution in [-0.4, -0.2) is 92.3 Å². The first-order valence-corrected chi connectivity index (χ1v) is 11.4.